The molecule has 0 N–H and O–H groups in total. The molecule has 0 rings (SSSR count). The van der Waals surface area contributed by atoms with E-state index in [0.29, 0.717) is 6.42 Å². The SMILES string of the molecule is CC(C)=O.COC(=O)CCCCCCCCCBr. The van der Waals surface area contributed by atoms with E-state index in [9.17, 15) is 9.59 Å². The van der Waals surface area contributed by atoms with E-state index >= 15 is 0 Å². The molecule has 0 aliphatic carbocycles. The number of unbranched alkanes of at least 4 members (excludes halogenated alkanes) is 6. The molecule has 0 heterocycles. The van der Waals surface area contributed by atoms with Gasteiger partial charge in [0.1, 0.15) is 5.78 Å². The van der Waals surface area contributed by atoms with Crippen molar-refractivity contribution in [3.8, 4) is 0 Å². The van der Waals surface area contributed by atoms with Crippen molar-refractivity contribution in [1.82, 2.24) is 0 Å². The van der Waals surface area contributed by atoms with Gasteiger partial charge in [0.25, 0.3) is 0 Å². The lowest BCUT2D eigenvalue weighted by atomic mass is 10.1. The van der Waals surface area contributed by atoms with Crippen molar-refractivity contribution < 1.29 is 14.3 Å². The lowest BCUT2D eigenvalue weighted by molar-refractivity contribution is -0.140. The molecule has 0 radical (unpaired) electrons. The van der Waals surface area contributed by atoms with E-state index in [1.807, 2.05) is 0 Å². The number of rotatable bonds is 9. The Balaban J connectivity index is 0. The van der Waals surface area contributed by atoms with E-state index in [2.05, 4.69) is 20.7 Å². The van der Waals surface area contributed by atoms with Gasteiger partial charge in [-0.25, -0.2) is 0 Å². The normalized spacial score (nSPS) is 9.33. The van der Waals surface area contributed by atoms with Crippen molar-refractivity contribution in [3.05, 3.63) is 0 Å². The first-order valence-electron chi connectivity index (χ1n) is 6.64. The van der Waals surface area contributed by atoms with Crippen LogP contribution in [-0.4, -0.2) is 24.2 Å². The van der Waals surface area contributed by atoms with E-state index in [4.69, 9.17) is 0 Å². The summed E-state index contributed by atoms with van der Waals surface area (Å²) >= 11 is 3.42. The number of ether oxygens (including phenoxy) is 1. The van der Waals surface area contributed by atoms with Crippen LogP contribution in [0.25, 0.3) is 0 Å². The maximum absolute atomic E-state index is 10.8. The summed E-state index contributed by atoms with van der Waals surface area (Å²) in [4.78, 5) is 20.2. The molecule has 4 heteroatoms. The third-order valence-corrected chi connectivity index (χ3v) is 2.80. The molecule has 108 valence electrons. The number of Topliss-reactive ketones (excluding diaryl/α,β-unsaturated/α-hetero) is 1. The van der Waals surface area contributed by atoms with Crippen LogP contribution in [0.1, 0.15) is 65.2 Å². The summed E-state index contributed by atoms with van der Waals surface area (Å²) in [6, 6.07) is 0. The minimum Gasteiger partial charge on any atom is -0.469 e. The fourth-order valence-corrected chi connectivity index (χ4v) is 1.75. The van der Waals surface area contributed by atoms with Crippen LogP contribution in [0.5, 0.6) is 0 Å². The van der Waals surface area contributed by atoms with E-state index < -0.39 is 0 Å². The summed E-state index contributed by atoms with van der Waals surface area (Å²) < 4.78 is 4.57. The summed E-state index contributed by atoms with van der Waals surface area (Å²) in [5.41, 5.74) is 0. The lowest BCUT2D eigenvalue weighted by Crippen LogP contribution is -1.99. The van der Waals surface area contributed by atoms with Gasteiger partial charge < -0.3 is 9.53 Å². The average molecular weight is 323 g/mol. The maximum atomic E-state index is 10.8. The first kappa shape index (κ1) is 19.9. The number of carbonyl (C=O) groups is 2. The summed E-state index contributed by atoms with van der Waals surface area (Å²) in [5.74, 6) is 0.0873. The largest absolute Gasteiger partial charge is 0.469 e. The predicted octanol–water partition coefficient (Wildman–Crippen LogP) is 4.27. The number of ketones is 1. The van der Waals surface area contributed by atoms with Crippen molar-refractivity contribution >= 4 is 27.7 Å². The van der Waals surface area contributed by atoms with E-state index in [0.717, 1.165) is 18.2 Å². The molecule has 0 aromatic heterocycles. The number of esters is 1. The lowest BCUT2D eigenvalue weighted by Gasteiger charge is -2.00. The maximum Gasteiger partial charge on any atom is 0.305 e. The Morgan fingerprint density at radius 3 is 1.67 bits per heavy atom. The van der Waals surface area contributed by atoms with Crippen molar-refractivity contribution in [3.63, 3.8) is 0 Å². The fraction of sp³-hybridized carbons (Fsp3) is 0.857. The monoisotopic (exact) mass is 322 g/mol. The molecule has 0 aliphatic heterocycles. The molecule has 0 saturated carbocycles. The standard InChI is InChI=1S/C11H21BrO2.C3H6O/c1-14-11(13)9-7-5-3-2-4-6-8-10-12;1-3(2)4/h2-10H2,1H3;1-2H3. The molecule has 0 bridgehead atoms. The van der Waals surface area contributed by atoms with Crippen LogP contribution in [0.2, 0.25) is 0 Å². The highest BCUT2D eigenvalue weighted by Gasteiger charge is 1.98. The molecule has 0 aliphatic rings. The molecule has 0 amide bonds. The molecular formula is C14H27BrO3. The molecule has 0 fully saturated rings. The summed E-state index contributed by atoms with van der Waals surface area (Å²) in [7, 11) is 1.45. The van der Waals surface area contributed by atoms with Gasteiger partial charge in [0, 0.05) is 11.8 Å². The molecule has 3 nitrogen and oxygen atoms in total. The highest BCUT2D eigenvalue weighted by Crippen LogP contribution is 2.09. The molecule has 0 saturated heterocycles. The molecular weight excluding hydrogens is 296 g/mol. The molecule has 18 heavy (non-hydrogen) atoms. The van der Waals surface area contributed by atoms with Crippen molar-refractivity contribution in [2.24, 2.45) is 0 Å². The molecule has 0 aromatic rings. The number of halogens is 1. The van der Waals surface area contributed by atoms with Gasteiger partial charge in [-0.2, -0.15) is 0 Å². The Hall–Kier alpha value is -0.380. The summed E-state index contributed by atoms with van der Waals surface area (Å²) in [6.45, 7) is 3.06. The Kier molecular flexibility index (Phi) is 18.4. The topological polar surface area (TPSA) is 43.4 Å². The van der Waals surface area contributed by atoms with Crippen LogP contribution >= 0.6 is 15.9 Å². The Labute approximate surface area is 120 Å². The number of hydrogen-bond donors (Lipinski definition) is 0. The van der Waals surface area contributed by atoms with Gasteiger partial charge in [0.15, 0.2) is 0 Å². The number of alkyl halides is 1. The van der Waals surface area contributed by atoms with Crippen molar-refractivity contribution in [1.29, 1.82) is 0 Å². The minimum absolute atomic E-state index is 0.0794. The third kappa shape index (κ3) is 24.7. The van der Waals surface area contributed by atoms with Gasteiger partial charge in [-0.15, -0.1) is 0 Å². The molecule has 0 atom stereocenters. The van der Waals surface area contributed by atoms with Crippen LogP contribution in [0.4, 0.5) is 0 Å². The second-order valence-electron chi connectivity index (χ2n) is 4.40. The van der Waals surface area contributed by atoms with E-state index in [-0.39, 0.29) is 11.8 Å². The van der Waals surface area contributed by atoms with Crippen LogP contribution < -0.4 is 0 Å². The van der Waals surface area contributed by atoms with Crippen LogP contribution in [-0.2, 0) is 14.3 Å². The van der Waals surface area contributed by atoms with E-state index in [1.54, 1.807) is 0 Å². The van der Waals surface area contributed by atoms with Crippen LogP contribution in [0, 0.1) is 0 Å². The van der Waals surface area contributed by atoms with Gasteiger partial charge in [-0.1, -0.05) is 48.0 Å². The third-order valence-electron chi connectivity index (χ3n) is 2.24. The van der Waals surface area contributed by atoms with Crippen molar-refractivity contribution in [2.45, 2.75) is 65.2 Å². The second-order valence-corrected chi connectivity index (χ2v) is 5.19. The van der Waals surface area contributed by atoms with Gasteiger partial charge in [-0.3, -0.25) is 4.79 Å². The Bertz CT molecular complexity index is 201. The fourth-order valence-electron chi connectivity index (χ4n) is 1.35. The highest BCUT2D eigenvalue weighted by atomic mass is 79.9. The molecule has 0 spiro atoms. The highest BCUT2D eigenvalue weighted by molar-refractivity contribution is 9.09. The van der Waals surface area contributed by atoms with Gasteiger partial charge in [-0.05, 0) is 26.7 Å². The zero-order chi connectivity index (χ0) is 14.2. The number of methoxy groups -OCH3 is 1. The summed E-state index contributed by atoms with van der Waals surface area (Å²) in [5, 5.41) is 1.12. The van der Waals surface area contributed by atoms with E-state index in [1.165, 1.54) is 53.1 Å². The Morgan fingerprint density at radius 1 is 0.889 bits per heavy atom. The zero-order valence-electron chi connectivity index (χ0n) is 12.0. The Morgan fingerprint density at radius 2 is 1.28 bits per heavy atom. The first-order valence-corrected chi connectivity index (χ1v) is 7.76. The van der Waals surface area contributed by atoms with Gasteiger partial charge >= 0.3 is 5.97 Å². The van der Waals surface area contributed by atoms with Crippen molar-refractivity contribution in [2.75, 3.05) is 12.4 Å². The minimum atomic E-state index is -0.0794. The van der Waals surface area contributed by atoms with Crippen LogP contribution in [0.15, 0.2) is 0 Å². The molecule has 0 aromatic carbocycles. The quantitative estimate of drug-likeness (QED) is 0.361. The summed E-state index contributed by atoms with van der Waals surface area (Å²) in [6.07, 6.45) is 9.19. The number of hydrogen-bond acceptors (Lipinski definition) is 3. The second kappa shape index (κ2) is 16.6. The smallest absolute Gasteiger partial charge is 0.305 e. The molecule has 0 unspecified atom stereocenters. The van der Waals surface area contributed by atoms with Gasteiger partial charge in [0.2, 0.25) is 0 Å². The van der Waals surface area contributed by atoms with Crippen LogP contribution in [0.3, 0.4) is 0 Å². The zero-order valence-corrected chi connectivity index (χ0v) is 13.6. The first-order chi connectivity index (χ1) is 8.54. The average Bonchev–Trinajstić information content (AvgIpc) is 2.31. The number of carbonyl (C=O) groups excluding carboxylic acids is 2. The predicted molar refractivity (Wildman–Crippen MR) is 79.1 cm³/mol. The van der Waals surface area contributed by atoms with Gasteiger partial charge in [0.05, 0.1) is 7.11 Å².